The van der Waals surface area contributed by atoms with Crippen molar-refractivity contribution in [2.45, 2.75) is 17.8 Å². The molecule has 0 fully saturated rings. The molecule has 0 amide bonds. The van der Waals surface area contributed by atoms with Gasteiger partial charge in [0, 0.05) is 6.07 Å². The van der Waals surface area contributed by atoms with Crippen molar-refractivity contribution in [3.63, 3.8) is 0 Å². The van der Waals surface area contributed by atoms with Crippen LogP contribution < -0.4 is 9.47 Å². The molecule has 0 aliphatic carbocycles. The van der Waals surface area contributed by atoms with Gasteiger partial charge in [0.25, 0.3) is 5.19 Å². The van der Waals surface area contributed by atoms with Gasteiger partial charge in [-0.25, -0.2) is 4.98 Å². The molecular formula is C13H14N4O2S2. The number of aromatic nitrogens is 4. The predicted molar refractivity (Wildman–Crippen MR) is 83.3 cm³/mol. The molecule has 0 aliphatic rings. The first-order valence-electron chi connectivity index (χ1n) is 6.40. The van der Waals surface area contributed by atoms with Gasteiger partial charge in [0.15, 0.2) is 5.16 Å². The van der Waals surface area contributed by atoms with Crippen molar-refractivity contribution in [2.75, 3.05) is 13.7 Å². The standard InChI is InChI=1S/C13H14N4O2S2/c1-3-19-13-17-16-11(21-13)7-20-12-14-9-5-4-8(18-2)6-10(9)15-12/h4-6H,3,7H2,1-2H3,(H,14,15). The first kappa shape index (κ1) is 14.2. The average molecular weight is 322 g/mol. The number of methoxy groups -OCH3 is 1. The predicted octanol–water partition coefficient (Wildman–Crippen LogP) is 3.11. The fraction of sp³-hybridized carbons (Fsp3) is 0.308. The summed E-state index contributed by atoms with van der Waals surface area (Å²) in [5, 5.41) is 10.4. The maximum Gasteiger partial charge on any atom is 0.294 e. The van der Waals surface area contributed by atoms with Crippen LogP contribution in [0.25, 0.3) is 11.0 Å². The van der Waals surface area contributed by atoms with Crippen LogP contribution in [-0.2, 0) is 5.75 Å². The number of benzene rings is 1. The molecule has 0 bridgehead atoms. The van der Waals surface area contributed by atoms with E-state index in [9.17, 15) is 0 Å². The van der Waals surface area contributed by atoms with Gasteiger partial charge in [-0.3, -0.25) is 0 Å². The number of H-pyrrole nitrogens is 1. The van der Waals surface area contributed by atoms with Crippen molar-refractivity contribution in [1.82, 2.24) is 20.2 Å². The summed E-state index contributed by atoms with van der Waals surface area (Å²) in [7, 11) is 1.65. The zero-order valence-corrected chi connectivity index (χ0v) is 13.3. The van der Waals surface area contributed by atoms with Gasteiger partial charge in [0.1, 0.15) is 10.8 Å². The van der Waals surface area contributed by atoms with Crippen molar-refractivity contribution in [1.29, 1.82) is 0 Å². The fourth-order valence-corrected chi connectivity index (χ4v) is 3.39. The Morgan fingerprint density at radius 1 is 1.33 bits per heavy atom. The SMILES string of the molecule is CCOc1nnc(CSc2nc3ccc(OC)cc3[nH]2)s1. The van der Waals surface area contributed by atoms with E-state index in [2.05, 4.69) is 20.2 Å². The summed E-state index contributed by atoms with van der Waals surface area (Å²) >= 11 is 3.05. The first-order chi connectivity index (χ1) is 10.3. The largest absolute Gasteiger partial charge is 0.497 e. The molecule has 2 aromatic heterocycles. The zero-order chi connectivity index (χ0) is 14.7. The lowest BCUT2D eigenvalue weighted by Crippen LogP contribution is -1.89. The van der Waals surface area contributed by atoms with Crippen LogP contribution in [0.2, 0.25) is 0 Å². The van der Waals surface area contributed by atoms with Gasteiger partial charge in [-0.2, -0.15) is 0 Å². The summed E-state index contributed by atoms with van der Waals surface area (Å²) in [6.45, 7) is 2.53. The van der Waals surface area contributed by atoms with Crippen LogP contribution in [0.1, 0.15) is 11.9 Å². The van der Waals surface area contributed by atoms with Gasteiger partial charge in [0.2, 0.25) is 0 Å². The number of fused-ring (bicyclic) bond motifs is 1. The molecule has 0 saturated carbocycles. The molecule has 21 heavy (non-hydrogen) atoms. The molecule has 0 atom stereocenters. The summed E-state index contributed by atoms with van der Waals surface area (Å²) in [6, 6.07) is 5.77. The maximum atomic E-state index is 5.31. The van der Waals surface area contributed by atoms with E-state index < -0.39 is 0 Å². The normalized spacial score (nSPS) is 11.0. The lowest BCUT2D eigenvalue weighted by molar-refractivity contribution is 0.335. The third kappa shape index (κ3) is 3.27. The van der Waals surface area contributed by atoms with Crippen LogP contribution >= 0.6 is 23.1 Å². The Kier molecular flexibility index (Phi) is 4.26. The van der Waals surface area contributed by atoms with Crippen LogP contribution in [-0.4, -0.2) is 33.9 Å². The Morgan fingerprint density at radius 2 is 2.24 bits per heavy atom. The van der Waals surface area contributed by atoms with E-state index in [-0.39, 0.29) is 0 Å². The fourth-order valence-electron chi connectivity index (χ4n) is 1.77. The maximum absolute atomic E-state index is 5.31. The summed E-state index contributed by atoms with van der Waals surface area (Å²) in [5.41, 5.74) is 1.88. The Hall–Kier alpha value is -1.80. The van der Waals surface area contributed by atoms with E-state index in [0.29, 0.717) is 17.6 Å². The van der Waals surface area contributed by atoms with Gasteiger partial charge in [0.05, 0.1) is 30.5 Å². The highest BCUT2D eigenvalue weighted by Gasteiger charge is 2.08. The second-order valence-corrected chi connectivity index (χ2v) is 6.10. The van der Waals surface area contributed by atoms with E-state index in [4.69, 9.17) is 9.47 Å². The molecule has 0 radical (unpaired) electrons. The average Bonchev–Trinajstić information content (AvgIpc) is 3.10. The van der Waals surface area contributed by atoms with Gasteiger partial charge in [-0.1, -0.05) is 23.1 Å². The number of hydrogen-bond acceptors (Lipinski definition) is 7. The minimum Gasteiger partial charge on any atom is -0.497 e. The number of aromatic amines is 1. The number of ether oxygens (including phenoxy) is 2. The molecule has 1 N–H and O–H groups in total. The van der Waals surface area contributed by atoms with Crippen molar-refractivity contribution in [2.24, 2.45) is 0 Å². The molecule has 8 heteroatoms. The molecule has 6 nitrogen and oxygen atoms in total. The summed E-state index contributed by atoms with van der Waals surface area (Å²) < 4.78 is 10.5. The highest BCUT2D eigenvalue weighted by molar-refractivity contribution is 7.98. The highest BCUT2D eigenvalue weighted by atomic mass is 32.2. The Morgan fingerprint density at radius 3 is 3.05 bits per heavy atom. The number of rotatable bonds is 6. The van der Waals surface area contributed by atoms with Gasteiger partial charge >= 0.3 is 0 Å². The smallest absolute Gasteiger partial charge is 0.294 e. The van der Waals surface area contributed by atoms with Crippen LogP contribution in [0.5, 0.6) is 10.9 Å². The first-order valence-corrected chi connectivity index (χ1v) is 8.20. The van der Waals surface area contributed by atoms with E-state index in [0.717, 1.165) is 26.9 Å². The topological polar surface area (TPSA) is 72.9 Å². The van der Waals surface area contributed by atoms with Gasteiger partial charge in [-0.15, -0.1) is 10.2 Å². The molecule has 110 valence electrons. The number of imidazole rings is 1. The minimum absolute atomic E-state index is 0.604. The molecule has 1 aromatic carbocycles. The summed E-state index contributed by atoms with van der Waals surface area (Å²) in [4.78, 5) is 7.79. The molecular weight excluding hydrogens is 308 g/mol. The number of nitrogens with one attached hydrogen (secondary N) is 1. The minimum atomic E-state index is 0.604. The Balaban J connectivity index is 1.69. The summed E-state index contributed by atoms with van der Waals surface area (Å²) in [5.74, 6) is 1.52. The molecule has 0 aliphatic heterocycles. The molecule has 3 rings (SSSR count). The number of hydrogen-bond donors (Lipinski definition) is 1. The lowest BCUT2D eigenvalue weighted by atomic mass is 10.3. The zero-order valence-electron chi connectivity index (χ0n) is 11.6. The van der Waals surface area contributed by atoms with Crippen molar-refractivity contribution >= 4 is 34.1 Å². The Bertz CT molecular complexity index is 741. The molecule has 0 saturated heterocycles. The monoisotopic (exact) mass is 322 g/mol. The second-order valence-electron chi connectivity index (χ2n) is 4.11. The molecule has 3 aromatic rings. The summed E-state index contributed by atoms with van der Waals surface area (Å²) in [6.07, 6.45) is 0. The van der Waals surface area contributed by atoms with Crippen molar-refractivity contribution in [3.8, 4) is 10.9 Å². The van der Waals surface area contributed by atoms with Crippen LogP contribution in [0, 0.1) is 0 Å². The third-order valence-electron chi connectivity index (χ3n) is 2.72. The quantitative estimate of drug-likeness (QED) is 0.703. The molecule has 2 heterocycles. The van der Waals surface area contributed by atoms with E-state index in [1.54, 1.807) is 18.9 Å². The van der Waals surface area contributed by atoms with E-state index >= 15 is 0 Å². The van der Waals surface area contributed by atoms with Crippen LogP contribution in [0.4, 0.5) is 0 Å². The Labute approximate surface area is 129 Å². The number of thioether (sulfide) groups is 1. The third-order valence-corrected chi connectivity index (χ3v) is 4.62. The number of nitrogens with zero attached hydrogens (tertiary/aromatic N) is 3. The lowest BCUT2D eigenvalue weighted by Gasteiger charge is -1.96. The van der Waals surface area contributed by atoms with Crippen molar-refractivity contribution in [3.05, 3.63) is 23.2 Å². The van der Waals surface area contributed by atoms with Crippen LogP contribution in [0.3, 0.4) is 0 Å². The van der Waals surface area contributed by atoms with E-state index in [1.165, 1.54) is 11.3 Å². The molecule has 0 spiro atoms. The molecule has 0 unspecified atom stereocenters. The van der Waals surface area contributed by atoms with Crippen LogP contribution in [0.15, 0.2) is 23.4 Å². The van der Waals surface area contributed by atoms with Gasteiger partial charge < -0.3 is 14.5 Å². The van der Waals surface area contributed by atoms with E-state index in [1.807, 2.05) is 25.1 Å². The second kappa shape index (κ2) is 6.31. The highest BCUT2D eigenvalue weighted by Crippen LogP contribution is 2.27. The van der Waals surface area contributed by atoms with Crippen molar-refractivity contribution < 1.29 is 9.47 Å². The van der Waals surface area contributed by atoms with Gasteiger partial charge in [-0.05, 0) is 19.1 Å².